The first-order valence-electron chi connectivity index (χ1n) is 5.29. The van der Waals surface area contributed by atoms with Gasteiger partial charge in [0.05, 0.1) is 12.1 Å². The zero-order valence-electron chi connectivity index (χ0n) is 9.88. The summed E-state index contributed by atoms with van der Waals surface area (Å²) in [5, 5.41) is 13.2. The van der Waals surface area contributed by atoms with Gasteiger partial charge in [-0.3, -0.25) is 0 Å². The SMILES string of the molecule is CC(C)SCc1noc(-c2[nH]cnc2C(=O)O)n1. The van der Waals surface area contributed by atoms with Gasteiger partial charge >= 0.3 is 5.97 Å². The quantitative estimate of drug-likeness (QED) is 0.851. The topological polar surface area (TPSA) is 105 Å². The van der Waals surface area contributed by atoms with Crippen LogP contribution < -0.4 is 0 Å². The van der Waals surface area contributed by atoms with Gasteiger partial charge in [0.2, 0.25) is 0 Å². The van der Waals surface area contributed by atoms with Gasteiger partial charge in [-0.05, 0) is 5.25 Å². The molecule has 96 valence electrons. The number of nitrogens with one attached hydrogen (secondary N) is 1. The standard InChI is InChI=1S/C10H12N4O3S/c1-5(2)18-3-6-13-9(17-14-6)7-8(10(15)16)12-4-11-7/h4-5H,3H2,1-2H3,(H,11,12)(H,15,16). The summed E-state index contributed by atoms with van der Waals surface area (Å²) in [5.74, 6) is 0.166. The Morgan fingerprint density at radius 2 is 2.39 bits per heavy atom. The molecule has 2 heterocycles. The fourth-order valence-electron chi connectivity index (χ4n) is 1.27. The lowest BCUT2D eigenvalue weighted by Crippen LogP contribution is -1.99. The molecule has 18 heavy (non-hydrogen) atoms. The highest BCUT2D eigenvalue weighted by atomic mass is 32.2. The molecule has 0 radical (unpaired) electrons. The minimum atomic E-state index is -1.14. The maximum Gasteiger partial charge on any atom is 0.356 e. The van der Waals surface area contributed by atoms with Crippen LogP contribution in [0.1, 0.15) is 30.2 Å². The summed E-state index contributed by atoms with van der Waals surface area (Å²) >= 11 is 1.68. The van der Waals surface area contributed by atoms with Crippen LogP contribution in [-0.2, 0) is 5.75 Å². The number of carboxylic acids is 1. The molecule has 0 atom stereocenters. The van der Waals surface area contributed by atoms with Gasteiger partial charge in [0.25, 0.3) is 5.89 Å². The number of aromatic nitrogens is 4. The van der Waals surface area contributed by atoms with Crippen molar-refractivity contribution < 1.29 is 14.4 Å². The molecule has 7 nitrogen and oxygen atoms in total. The molecule has 2 rings (SSSR count). The molecule has 0 aromatic carbocycles. The third-order valence-corrected chi connectivity index (χ3v) is 3.16. The van der Waals surface area contributed by atoms with Crippen LogP contribution in [0.5, 0.6) is 0 Å². The second-order valence-corrected chi connectivity index (χ2v) is 5.37. The van der Waals surface area contributed by atoms with Crippen LogP contribution in [0.3, 0.4) is 0 Å². The van der Waals surface area contributed by atoms with E-state index in [2.05, 4.69) is 34.0 Å². The zero-order valence-corrected chi connectivity index (χ0v) is 10.7. The molecule has 0 aliphatic heterocycles. The van der Waals surface area contributed by atoms with Crippen molar-refractivity contribution in [2.45, 2.75) is 24.9 Å². The Morgan fingerprint density at radius 1 is 1.61 bits per heavy atom. The summed E-state index contributed by atoms with van der Waals surface area (Å²) < 4.78 is 5.02. The average molecular weight is 268 g/mol. The van der Waals surface area contributed by atoms with Crippen molar-refractivity contribution in [2.24, 2.45) is 0 Å². The predicted molar refractivity (Wildman–Crippen MR) is 65.3 cm³/mol. The van der Waals surface area contributed by atoms with Gasteiger partial charge in [0.15, 0.2) is 11.5 Å². The van der Waals surface area contributed by atoms with Gasteiger partial charge < -0.3 is 14.6 Å². The normalized spacial score (nSPS) is 11.1. The molecule has 0 aliphatic carbocycles. The molecule has 0 aliphatic rings. The van der Waals surface area contributed by atoms with Gasteiger partial charge in [0.1, 0.15) is 5.69 Å². The van der Waals surface area contributed by atoms with Crippen LogP contribution in [0.15, 0.2) is 10.9 Å². The maximum absolute atomic E-state index is 10.9. The molecule has 0 spiro atoms. The van der Waals surface area contributed by atoms with E-state index in [-0.39, 0.29) is 17.3 Å². The van der Waals surface area contributed by atoms with E-state index in [1.807, 2.05) is 0 Å². The van der Waals surface area contributed by atoms with Crippen molar-refractivity contribution in [3.8, 4) is 11.6 Å². The van der Waals surface area contributed by atoms with Crippen molar-refractivity contribution >= 4 is 17.7 Å². The van der Waals surface area contributed by atoms with E-state index in [4.69, 9.17) is 9.63 Å². The number of thioether (sulfide) groups is 1. The van der Waals surface area contributed by atoms with Gasteiger partial charge in [0, 0.05) is 0 Å². The summed E-state index contributed by atoms with van der Waals surface area (Å²) in [4.78, 5) is 21.4. The summed E-state index contributed by atoms with van der Waals surface area (Å²) in [5.41, 5.74) is 0.109. The number of hydrogen-bond donors (Lipinski definition) is 2. The Hall–Kier alpha value is -1.83. The number of aromatic amines is 1. The number of hydrogen-bond acceptors (Lipinski definition) is 6. The van der Waals surface area contributed by atoms with Crippen LogP contribution in [0.2, 0.25) is 0 Å². The summed E-state index contributed by atoms with van der Waals surface area (Å²) in [6, 6.07) is 0. The average Bonchev–Trinajstić information content (AvgIpc) is 2.94. The summed E-state index contributed by atoms with van der Waals surface area (Å²) in [6.45, 7) is 4.15. The van der Waals surface area contributed by atoms with Crippen molar-refractivity contribution in [3.63, 3.8) is 0 Å². The number of rotatable bonds is 5. The van der Waals surface area contributed by atoms with Crippen molar-refractivity contribution in [3.05, 3.63) is 17.8 Å². The van der Waals surface area contributed by atoms with E-state index >= 15 is 0 Å². The Labute approximate surface area is 107 Å². The minimum Gasteiger partial charge on any atom is -0.476 e. The molecule has 0 bridgehead atoms. The highest BCUT2D eigenvalue weighted by Gasteiger charge is 2.20. The van der Waals surface area contributed by atoms with E-state index in [1.165, 1.54) is 6.33 Å². The molecule has 0 amide bonds. The molecular weight excluding hydrogens is 256 g/mol. The fourth-order valence-corrected chi connectivity index (χ4v) is 1.87. The lowest BCUT2D eigenvalue weighted by atomic mass is 10.3. The van der Waals surface area contributed by atoms with E-state index in [9.17, 15) is 4.79 Å². The van der Waals surface area contributed by atoms with E-state index in [0.717, 1.165) is 0 Å². The van der Waals surface area contributed by atoms with Crippen LogP contribution in [0.4, 0.5) is 0 Å². The first-order chi connectivity index (χ1) is 8.58. The highest BCUT2D eigenvalue weighted by molar-refractivity contribution is 7.99. The van der Waals surface area contributed by atoms with E-state index < -0.39 is 5.97 Å². The van der Waals surface area contributed by atoms with Gasteiger partial charge in [-0.25, -0.2) is 9.78 Å². The van der Waals surface area contributed by atoms with Crippen molar-refractivity contribution in [2.75, 3.05) is 0 Å². The van der Waals surface area contributed by atoms with Gasteiger partial charge in [-0.1, -0.05) is 19.0 Å². The fraction of sp³-hybridized carbons (Fsp3) is 0.400. The molecule has 2 aromatic heterocycles. The lowest BCUT2D eigenvalue weighted by Gasteiger charge is -1.98. The highest BCUT2D eigenvalue weighted by Crippen LogP contribution is 2.21. The maximum atomic E-state index is 10.9. The van der Waals surface area contributed by atoms with Gasteiger partial charge in [-0.2, -0.15) is 16.7 Å². The summed E-state index contributed by atoms with van der Waals surface area (Å²) in [6.07, 6.45) is 1.28. The van der Waals surface area contributed by atoms with Gasteiger partial charge in [-0.15, -0.1) is 0 Å². The van der Waals surface area contributed by atoms with Crippen LogP contribution in [0.25, 0.3) is 11.6 Å². The molecule has 0 saturated carbocycles. The third kappa shape index (κ3) is 2.70. The third-order valence-electron chi connectivity index (χ3n) is 2.07. The predicted octanol–water partition coefficient (Wildman–Crippen LogP) is 1.80. The second kappa shape index (κ2) is 5.21. The largest absolute Gasteiger partial charge is 0.476 e. The Balaban J connectivity index is 2.19. The summed E-state index contributed by atoms with van der Waals surface area (Å²) in [7, 11) is 0. The first-order valence-corrected chi connectivity index (χ1v) is 6.34. The molecule has 2 N–H and O–H groups in total. The van der Waals surface area contributed by atoms with Crippen LogP contribution >= 0.6 is 11.8 Å². The second-order valence-electron chi connectivity index (χ2n) is 3.81. The number of H-pyrrole nitrogens is 1. The first kappa shape index (κ1) is 12.6. The lowest BCUT2D eigenvalue weighted by molar-refractivity contribution is 0.0691. The number of carboxylic acid groups (broad SMARTS) is 1. The Morgan fingerprint density at radius 3 is 3.06 bits per heavy atom. The zero-order chi connectivity index (χ0) is 13.1. The van der Waals surface area contributed by atoms with E-state index in [1.54, 1.807) is 11.8 Å². The molecule has 0 fully saturated rings. The van der Waals surface area contributed by atoms with Crippen molar-refractivity contribution in [1.82, 2.24) is 20.1 Å². The minimum absolute atomic E-state index is 0.123. The van der Waals surface area contributed by atoms with Crippen LogP contribution in [-0.4, -0.2) is 36.4 Å². The molecule has 2 aromatic rings. The number of carbonyl (C=O) groups is 1. The number of nitrogens with zero attached hydrogens (tertiary/aromatic N) is 3. The molecular formula is C10H12N4O3S. The molecule has 0 saturated heterocycles. The number of imidazole rings is 1. The molecule has 0 unspecified atom stereocenters. The Kier molecular flexibility index (Phi) is 3.66. The Bertz CT molecular complexity index is 549. The smallest absolute Gasteiger partial charge is 0.356 e. The number of aromatic carboxylic acids is 1. The monoisotopic (exact) mass is 268 g/mol. The van der Waals surface area contributed by atoms with E-state index in [0.29, 0.717) is 16.8 Å². The molecule has 8 heteroatoms. The van der Waals surface area contributed by atoms with Crippen molar-refractivity contribution in [1.29, 1.82) is 0 Å². The van der Waals surface area contributed by atoms with Crippen LogP contribution in [0, 0.1) is 0 Å².